The molecular weight excluding hydrogens is 454 g/mol. The Bertz CT molecular complexity index is 1070. The van der Waals surface area contributed by atoms with Gasteiger partial charge in [-0.2, -0.15) is 0 Å². The fraction of sp³-hybridized carbons (Fsp3) is 0.190. The lowest BCUT2D eigenvalue weighted by molar-refractivity contribution is -0.119. The molecule has 29 heavy (non-hydrogen) atoms. The number of nitrogens with one attached hydrogen (secondary N) is 2. The maximum Gasteiger partial charge on any atom is 0.257 e. The number of carbonyl (C=O) groups excluding carboxylic acids is 2. The lowest BCUT2D eigenvalue weighted by Crippen LogP contribution is -2.30. The van der Waals surface area contributed by atoms with Crippen LogP contribution in [0.1, 0.15) is 35.3 Å². The van der Waals surface area contributed by atoms with Gasteiger partial charge in [0.2, 0.25) is 5.91 Å². The topological polar surface area (TPSA) is 80.3 Å². The van der Waals surface area contributed by atoms with Gasteiger partial charge in [-0.1, -0.05) is 15.9 Å². The summed E-state index contributed by atoms with van der Waals surface area (Å²) in [5.41, 5.74) is 3.17. The summed E-state index contributed by atoms with van der Waals surface area (Å²) < 4.78 is 6.63. The molecule has 3 aromatic rings. The van der Waals surface area contributed by atoms with Crippen molar-refractivity contribution in [3.63, 3.8) is 0 Å². The number of fused-ring (bicyclic) bond motifs is 1. The van der Waals surface area contributed by atoms with Gasteiger partial charge in [0.25, 0.3) is 5.91 Å². The van der Waals surface area contributed by atoms with Crippen molar-refractivity contribution in [2.24, 2.45) is 0 Å². The van der Waals surface area contributed by atoms with Gasteiger partial charge in [-0.15, -0.1) is 11.3 Å². The van der Waals surface area contributed by atoms with E-state index in [0.29, 0.717) is 17.3 Å². The Morgan fingerprint density at radius 2 is 2.00 bits per heavy atom. The molecule has 1 aromatic heterocycles. The van der Waals surface area contributed by atoms with Gasteiger partial charge in [-0.3, -0.25) is 14.9 Å². The fourth-order valence-corrected chi connectivity index (χ4v) is 4.16. The molecule has 0 radical (unpaired) electrons. The van der Waals surface area contributed by atoms with Crippen LogP contribution in [-0.4, -0.2) is 23.4 Å². The van der Waals surface area contributed by atoms with Crippen LogP contribution in [0.25, 0.3) is 11.3 Å². The van der Waals surface area contributed by atoms with E-state index in [1.165, 1.54) is 18.3 Å². The number of halogens is 1. The first kappa shape index (κ1) is 19.6. The molecule has 1 aliphatic rings. The van der Waals surface area contributed by atoms with Crippen LogP contribution >= 0.6 is 27.3 Å². The first-order chi connectivity index (χ1) is 14.0. The third-order valence-electron chi connectivity index (χ3n) is 4.55. The Hall–Kier alpha value is -2.71. The Morgan fingerprint density at radius 1 is 1.21 bits per heavy atom. The number of hydrogen-bond donors (Lipinski definition) is 2. The van der Waals surface area contributed by atoms with Crippen molar-refractivity contribution in [2.45, 2.75) is 19.4 Å². The van der Waals surface area contributed by atoms with Gasteiger partial charge in [0.1, 0.15) is 5.75 Å². The van der Waals surface area contributed by atoms with Crippen LogP contribution in [0.2, 0.25) is 0 Å². The Balaban J connectivity index is 1.54. The molecule has 148 valence electrons. The molecule has 0 saturated carbocycles. The second kappa shape index (κ2) is 8.34. The molecule has 2 amide bonds. The Morgan fingerprint density at radius 3 is 2.76 bits per heavy atom. The highest BCUT2D eigenvalue weighted by Gasteiger charge is 2.23. The van der Waals surface area contributed by atoms with E-state index < -0.39 is 0 Å². The van der Waals surface area contributed by atoms with Crippen molar-refractivity contribution in [3.8, 4) is 17.0 Å². The molecule has 4 rings (SSSR count). The number of aromatic nitrogens is 1. The SMILES string of the molecule is CC(=O)NC1CCOc2ccc(-c3csc(NC(=O)c4ccc(Br)cc4)n3)cc21. The summed E-state index contributed by atoms with van der Waals surface area (Å²) in [6, 6.07) is 12.9. The number of benzene rings is 2. The zero-order valence-corrected chi connectivity index (χ0v) is 18.0. The zero-order valence-electron chi connectivity index (χ0n) is 15.6. The second-order valence-corrected chi connectivity index (χ2v) is 8.42. The maximum atomic E-state index is 12.4. The fourth-order valence-electron chi connectivity index (χ4n) is 3.18. The molecule has 6 nitrogen and oxygen atoms in total. The Labute approximate surface area is 180 Å². The monoisotopic (exact) mass is 471 g/mol. The van der Waals surface area contributed by atoms with E-state index in [4.69, 9.17) is 4.74 Å². The third kappa shape index (κ3) is 4.49. The average molecular weight is 472 g/mol. The average Bonchev–Trinajstić information content (AvgIpc) is 3.16. The van der Waals surface area contributed by atoms with Crippen LogP contribution in [0.3, 0.4) is 0 Å². The van der Waals surface area contributed by atoms with Gasteiger partial charge in [-0.05, 0) is 42.5 Å². The van der Waals surface area contributed by atoms with Gasteiger partial charge < -0.3 is 10.1 Å². The molecule has 2 N–H and O–H groups in total. The van der Waals surface area contributed by atoms with Crippen molar-refractivity contribution < 1.29 is 14.3 Å². The van der Waals surface area contributed by atoms with Crippen LogP contribution in [0.15, 0.2) is 52.3 Å². The minimum atomic E-state index is -0.206. The minimum Gasteiger partial charge on any atom is -0.493 e. The first-order valence-electron chi connectivity index (χ1n) is 9.06. The molecule has 2 heterocycles. The van der Waals surface area contributed by atoms with Crippen LogP contribution in [-0.2, 0) is 4.79 Å². The highest BCUT2D eigenvalue weighted by molar-refractivity contribution is 9.10. The predicted molar refractivity (Wildman–Crippen MR) is 116 cm³/mol. The molecular formula is C21H18BrN3O3S. The lowest BCUT2D eigenvalue weighted by atomic mass is 9.97. The van der Waals surface area contributed by atoms with Gasteiger partial charge >= 0.3 is 0 Å². The Kier molecular flexibility index (Phi) is 5.64. The van der Waals surface area contributed by atoms with Crippen molar-refractivity contribution in [3.05, 3.63) is 63.4 Å². The summed E-state index contributed by atoms with van der Waals surface area (Å²) in [4.78, 5) is 28.5. The number of nitrogens with zero attached hydrogens (tertiary/aromatic N) is 1. The quantitative estimate of drug-likeness (QED) is 0.573. The van der Waals surface area contributed by atoms with Crippen LogP contribution in [0, 0.1) is 0 Å². The first-order valence-corrected chi connectivity index (χ1v) is 10.7. The van der Waals surface area contributed by atoms with Crippen molar-refractivity contribution in [1.82, 2.24) is 10.3 Å². The van der Waals surface area contributed by atoms with Gasteiger partial charge in [0.15, 0.2) is 5.13 Å². The largest absolute Gasteiger partial charge is 0.493 e. The third-order valence-corrected chi connectivity index (χ3v) is 5.84. The highest BCUT2D eigenvalue weighted by atomic mass is 79.9. The van der Waals surface area contributed by atoms with Crippen molar-refractivity contribution >= 4 is 44.2 Å². The number of ether oxygens (including phenoxy) is 1. The smallest absolute Gasteiger partial charge is 0.257 e. The van der Waals surface area contributed by atoms with Gasteiger partial charge in [-0.25, -0.2) is 4.98 Å². The molecule has 0 fully saturated rings. The predicted octanol–water partition coefficient (Wildman–Crippen LogP) is 4.78. The minimum absolute atomic E-state index is 0.0696. The van der Waals surface area contributed by atoms with Crippen molar-refractivity contribution in [2.75, 3.05) is 11.9 Å². The molecule has 1 aliphatic heterocycles. The molecule has 0 saturated heterocycles. The number of rotatable bonds is 4. The standard InChI is InChI=1S/C21H18BrN3O3S/c1-12(26)23-17-8-9-28-19-7-4-14(10-16(17)19)18-11-29-21(24-18)25-20(27)13-2-5-15(22)6-3-13/h2-7,10-11,17H,8-9H2,1H3,(H,23,26)(H,24,25,27). The van der Waals surface area contributed by atoms with E-state index in [1.54, 1.807) is 12.1 Å². The van der Waals surface area contributed by atoms with E-state index in [1.807, 2.05) is 35.7 Å². The van der Waals surface area contributed by atoms with Crippen LogP contribution in [0.4, 0.5) is 5.13 Å². The summed E-state index contributed by atoms with van der Waals surface area (Å²) in [5.74, 6) is 0.501. The summed E-state index contributed by atoms with van der Waals surface area (Å²) in [6.07, 6.45) is 0.724. The summed E-state index contributed by atoms with van der Waals surface area (Å²) in [6.45, 7) is 2.08. The number of thiazole rings is 1. The number of anilines is 1. The van der Waals surface area contributed by atoms with Crippen LogP contribution in [0.5, 0.6) is 5.75 Å². The molecule has 0 spiro atoms. The molecule has 0 aliphatic carbocycles. The normalized spacial score (nSPS) is 15.2. The van der Waals surface area contributed by atoms with Crippen LogP contribution < -0.4 is 15.4 Å². The summed E-state index contributed by atoms with van der Waals surface area (Å²) >= 11 is 4.73. The lowest BCUT2D eigenvalue weighted by Gasteiger charge is -2.26. The van der Waals surface area contributed by atoms with Gasteiger partial charge in [0.05, 0.1) is 18.3 Å². The maximum absolute atomic E-state index is 12.4. The summed E-state index contributed by atoms with van der Waals surface area (Å²) in [7, 11) is 0. The summed E-state index contributed by atoms with van der Waals surface area (Å²) in [5, 5.41) is 8.24. The molecule has 0 bridgehead atoms. The number of carbonyl (C=O) groups is 2. The van der Waals surface area contributed by atoms with E-state index in [0.717, 1.165) is 33.5 Å². The molecule has 1 atom stereocenters. The zero-order chi connectivity index (χ0) is 20.4. The molecule has 1 unspecified atom stereocenters. The molecule has 2 aromatic carbocycles. The van der Waals surface area contributed by atoms with E-state index in [-0.39, 0.29) is 17.9 Å². The van der Waals surface area contributed by atoms with E-state index in [9.17, 15) is 9.59 Å². The second-order valence-electron chi connectivity index (χ2n) is 6.64. The van der Waals surface area contributed by atoms with Gasteiger partial charge in [0, 0.05) is 39.9 Å². The van der Waals surface area contributed by atoms with E-state index in [2.05, 4.69) is 31.5 Å². The van der Waals surface area contributed by atoms with Crippen molar-refractivity contribution in [1.29, 1.82) is 0 Å². The van der Waals surface area contributed by atoms with E-state index >= 15 is 0 Å². The highest BCUT2D eigenvalue weighted by Crippen LogP contribution is 2.36. The number of hydrogen-bond acceptors (Lipinski definition) is 5. The number of amides is 2. The molecule has 8 heteroatoms.